The van der Waals surface area contributed by atoms with Gasteiger partial charge in [0.25, 0.3) is 11.9 Å². The molecule has 12 heteroatoms. The van der Waals surface area contributed by atoms with Crippen LogP contribution in [0.4, 0.5) is 13.2 Å². The van der Waals surface area contributed by atoms with Crippen molar-refractivity contribution in [1.82, 2.24) is 30.2 Å². The summed E-state index contributed by atoms with van der Waals surface area (Å²) in [4.78, 5) is 31.3. The summed E-state index contributed by atoms with van der Waals surface area (Å²) in [7, 11) is 0. The predicted octanol–water partition coefficient (Wildman–Crippen LogP) is 1.26. The van der Waals surface area contributed by atoms with Crippen LogP contribution in [0, 0.1) is 0 Å². The molecule has 0 spiro atoms. The molecular weight excluding hydrogens is 369 g/mol. The molecule has 2 aromatic heterocycles. The van der Waals surface area contributed by atoms with E-state index in [0.717, 1.165) is 30.1 Å². The van der Waals surface area contributed by atoms with Crippen LogP contribution < -0.4 is 10.2 Å². The molecule has 2 aromatic rings. The van der Waals surface area contributed by atoms with Gasteiger partial charge in [-0.15, -0.1) is 0 Å². The third-order valence-electron chi connectivity index (χ3n) is 3.73. The minimum absolute atomic E-state index is 0.153. The topological polar surface area (TPSA) is 102 Å². The van der Waals surface area contributed by atoms with Crippen molar-refractivity contribution in [2.75, 3.05) is 13.1 Å². The molecular formula is C15H15F3N6O3. The van der Waals surface area contributed by atoms with Gasteiger partial charge in [-0.05, 0) is 18.9 Å². The van der Waals surface area contributed by atoms with Crippen LogP contribution in [-0.4, -0.2) is 55.9 Å². The molecule has 3 heterocycles. The number of nitrogens with one attached hydrogen (secondary N) is 1. The molecule has 0 aromatic carbocycles. The SMILES string of the molecule is O=C(NN1CCCCC1)c1cnc(-n2cccn2)nc1OC(=O)C(F)(F)F. The number of piperidine rings is 1. The number of carbonyl (C=O) groups excluding carboxylic acids is 2. The Hall–Kier alpha value is -3.02. The summed E-state index contributed by atoms with van der Waals surface area (Å²) in [5.41, 5.74) is 2.17. The van der Waals surface area contributed by atoms with Crippen LogP contribution in [0.5, 0.6) is 5.88 Å². The van der Waals surface area contributed by atoms with Crippen molar-refractivity contribution < 1.29 is 27.5 Å². The van der Waals surface area contributed by atoms with Crippen LogP contribution >= 0.6 is 0 Å². The summed E-state index contributed by atoms with van der Waals surface area (Å²) in [6, 6.07) is 1.54. The fourth-order valence-corrected chi connectivity index (χ4v) is 2.44. The zero-order valence-electron chi connectivity index (χ0n) is 13.9. The largest absolute Gasteiger partial charge is 0.491 e. The first-order valence-electron chi connectivity index (χ1n) is 8.06. The average molecular weight is 384 g/mol. The molecule has 3 rings (SSSR count). The number of nitrogens with zero attached hydrogens (tertiary/aromatic N) is 5. The summed E-state index contributed by atoms with van der Waals surface area (Å²) < 4.78 is 43.2. The Labute approximate surface area is 151 Å². The normalized spacial score (nSPS) is 15.4. The Morgan fingerprint density at radius 1 is 1.19 bits per heavy atom. The summed E-state index contributed by atoms with van der Waals surface area (Å²) in [6.07, 6.45) is 1.39. The van der Waals surface area contributed by atoms with Crippen LogP contribution in [0.15, 0.2) is 24.7 Å². The van der Waals surface area contributed by atoms with Crippen LogP contribution in [0.25, 0.3) is 5.95 Å². The second kappa shape index (κ2) is 7.70. The minimum atomic E-state index is -5.24. The van der Waals surface area contributed by atoms with Gasteiger partial charge in [-0.3, -0.25) is 10.2 Å². The summed E-state index contributed by atoms with van der Waals surface area (Å²) in [5.74, 6) is -4.21. The van der Waals surface area contributed by atoms with Crippen molar-refractivity contribution in [1.29, 1.82) is 0 Å². The van der Waals surface area contributed by atoms with Crippen molar-refractivity contribution >= 4 is 11.9 Å². The van der Waals surface area contributed by atoms with E-state index < -0.39 is 29.5 Å². The van der Waals surface area contributed by atoms with E-state index in [1.807, 2.05) is 0 Å². The van der Waals surface area contributed by atoms with Crippen molar-refractivity contribution in [2.45, 2.75) is 25.4 Å². The molecule has 1 fully saturated rings. The first kappa shape index (κ1) is 18.8. The molecule has 1 amide bonds. The predicted molar refractivity (Wildman–Crippen MR) is 83.7 cm³/mol. The second-order valence-electron chi connectivity index (χ2n) is 5.72. The zero-order chi connectivity index (χ0) is 19.4. The van der Waals surface area contributed by atoms with Crippen molar-refractivity contribution in [3.05, 3.63) is 30.2 Å². The quantitative estimate of drug-likeness (QED) is 0.792. The fraction of sp³-hybridized carbons (Fsp3) is 0.400. The maximum Gasteiger partial charge on any atom is 0.491 e. The maximum atomic E-state index is 12.6. The van der Waals surface area contributed by atoms with Crippen LogP contribution in [0.2, 0.25) is 0 Å². The van der Waals surface area contributed by atoms with Gasteiger partial charge in [0, 0.05) is 31.7 Å². The maximum absolute atomic E-state index is 12.6. The fourth-order valence-electron chi connectivity index (χ4n) is 2.44. The standard InChI is InChI=1S/C15H15F3N6O3/c16-15(17,18)13(26)27-12-10(11(25)22-23-6-2-1-3-7-23)9-19-14(21-12)24-8-4-5-20-24/h4-5,8-9H,1-3,6-7H2,(H,22,25). The third kappa shape index (κ3) is 4.58. The Morgan fingerprint density at radius 2 is 1.93 bits per heavy atom. The minimum Gasteiger partial charge on any atom is -0.400 e. The van der Waals surface area contributed by atoms with E-state index in [0.29, 0.717) is 13.1 Å². The zero-order valence-corrected chi connectivity index (χ0v) is 13.9. The molecule has 0 saturated carbocycles. The number of halogens is 3. The van der Waals surface area contributed by atoms with Gasteiger partial charge >= 0.3 is 12.1 Å². The van der Waals surface area contributed by atoms with Gasteiger partial charge in [-0.1, -0.05) is 6.42 Å². The van der Waals surface area contributed by atoms with E-state index >= 15 is 0 Å². The number of aromatic nitrogens is 4. The van der Waals surface area contributed by atoms with E-state index in [1.165, 1.54) is 12.4 Å². The number of esters is 1. The van der Waals surface area contributed by atoms with E-state index in [-0.39, 0.29) is 5.95 Å². The number of hydrogen-bond donors (Lipinski definition) is 1. The lowest BCUT2D eigenvalue weighted by molar-refractivity contribution is -0.190. The smallest absolute Gasteiger partial charge is 0.400 e. The first-order valence-corrected chi connectivity index (χ1v) is 8.06. The molecule has 9 nitrogen and oxygen atoms in total. The third-order valence-corrected chi connectivity index (χ3v) is 3.73. The lowest BCUT2D eigenvalue weighted by Gasteiger charge is -2.26. The van der Waals surface area contributed by atoms with E-state index in [9.17, 15) is 22.8 Å². The highest BCUT2D eigenvalue weighted by Gasteiger charge is 2.42. The highest BCUT2D eigenvalue weighted by atomic mass is 19.4. The Bertz CT molecular complexity index is 819. The van der Waals surface area contributed by atoms with Crippen molar-refractivity contribution in [2.24, 2.45) is 0 Å². The summed E-state index contributed by atoms with van der Waals surface area (Å²) in [6.45, 7) is 1.21. The van der Waals surface area contributed by atoms with Gasteiger partial charge in [-0.25, -0.2) is 19.5 Å². The summed E-state index contributed by atoms with van der Waals surface area (Å²) >= 11 is 0. The summed E-state index contributed by atoms with van der Waals surface area (Å²) in [5, 5.41) is 5.49. The van der Waals surface area contributed by atoms with Gasteiger partial charge in [-0.2, -0.15) is 23.3 Å². The van der Waals surface area contributed by atoms with Gasteiger partial charge in [0.15, 0.2) is 0 Å². The molecule has 1 aliphatic rings. The molecule has 1 aliphatic heterocycles. The van der Waals surface area contributed by atoms with Crippen LogP contribution in [0.1, 0.15) is 29.6 Å². The van der Waals surface area contributed by atoms with Crippen LogP contribution in [0.3, 0.4) is 0 Å². The van der Waals surface area contributed by atoms with Gasteiger partial charge < -0.3 is 4.74 Å². The highest BCUT2D eigenvalue weighted by molar-refractivity contribution is 5.96. The van der Waals surface area contributed by atoms with E-state index in [2.05, 4.69) is 25.2 Å². The Balaban J connectivity index is 1.88. The number of carbonyl (C=O) groups is 2. The van der Waals surface area contributed by atoms with Gasteiger partial charge in [0.1, 0.15) is 5.56 Å². The highest BCUT2D eigenvalue weighted by Crippen LogP contribution is 2.22. The number of hydrazine groups is 1. The lowest BCUT2D eigenvalue weighted by atomic mass is 10.2. The number of ether oxygens (including phenoxy) is 1. The van der Waals surface area contributed by atoms with Crippen molar-refractivity contribution in [3.63, 3.8) is 0 Å². The lowest BCUT2D eigenvalue weighted by Crippen LogP contribution is -2.45. The van der Waals surface area contributed by atoms with Gasteiger partial charge in [0.05, 0.1) is 0 Å². The first-order chi connectivity index (χ1) is 12.8. The van der Waals surface area contributed by atoms with E-state index in [1.54, 1.807) is 11.1 Å². The number of hydrogen-bond acceptors (Lipinski definition) is 7. The van der Waals surface area contributed by atoms with Crippen molar-refractivity contribution in [3.8, 4) is 11.8 Å². The molecule has 144 valence electrons. The Kier molecular flexibility index (Phi) is 5.35. The average Bonchev–Trinajstić information content (AvgIpc) is 3.16. The Morgan fingerprint density at radius 3 is 2.56 bits per heavy atom. The molecule has 1 saturated heterocycles. The molecule has 0 bridgehead atoms. The number of amides is 1. The monoisotopic (exact) mass is 384 g/mol. The number of rotatable bonds is 4. The molecule has 0 atom stereocenters. The van der Waals surface area contributed by atoms with E-state index in [4.69, 9.17) is 0 Å². The second-order valence-corrected chi connectivity index (χ2v) is 5.72. The van der Waals surface area contributed by atoms with Crippen LogP contribution in [-0.2, 0) is 4.79 Å². The molecule has 1 N–H and O–H groups in total. The van der Waals surface area contributed by atoms with Gasteiger partial charge in [0.2, 0.25) is 5.88 Å². The molecule has 27 heavy (non-hydrogen) atoms. The molecule has 0 unspecified atom stereocenters. The molecule has 0 aliphatic carbocycles. The number of alkyl halides is 3. The molecule has 0 radical (unpaired) electrons.